The largest absolute Gasteiger partial charge is 0.508 e. The number of hydrogen-bond donors (Lipinski definition) is 1. The van der Waals surface area contributed by atoms with E-state index in [-0.39, 0.29) is 24.9 Å². The van der Waals surface area contributed by atoms with E-state index in [0.29, 0.717) is 5.56 Å². The molecule has 0 bridgehead atoms. The summed E-state index contributed by atoms with van der Waals surface area (Å²) in [4.78, 5) is 18.1. The third kappa shape index (κ3) is 4.50. The third-order valence-electron chi connectivity index (χ3n) is 5.95. The molecule has 1 aliphatic rings. The van der Waals surface area contributed by atoms with Crippen molar-refractivity contribution in [3.05, 3.63) is 101 Å². The maximum absolute atomic E-state index is 13.2. The highest BCUT2D eigenvalue weighted by Crippen LogP contribution is 2.38. The van der Waals surface area contributed by atoms with Crippen molar-refractivity contribution in [3.63, 3.8) is 0 Å². The van der Waals surface area contributed by atoms with E-state index in [1.807, 2.05) is 67.6 Å². The highest BCUT2D eigenvalue weighted by atomic mass is 16.6. The van der Waals surface area contributed by atoms with Crippen LogP contribution < -0.4 is 4.74 Å². The summed E-state index contributed by atoms with van der Waals surface area (Å²) in [5.74, 6) is 0.637. The van der Waals surface area contributed by atoms with Crippen LogP contribution in [0.1, 0.15) is 39.2 Å². The van der Waals surface area contributed by atoms with Crippen LogP contribution in [0.4, 0.5) is 0 Å². The number of carbonyl (C=O) groups excluding carboxylic acids is 1. The molecule has 170 valence electrons. The van der Waals surface area contributed by atoms with Gasteiger partial charge >= 0.3 is 5.97 Å². The molecule has 1 aromatic heterocycles. The first-order valence-corrected chi connectivity index (χ1v) is 11.4. The summed E-state index contributed by atoms with van der Waals surface area (Å²) in [6.07, 6.45) is 3.58. The fourth-order valence-corrected chi connectivity index (χ4v) is 4.36. The lowest BCUT2D eigenvalue weighted by Gasteiger charge is -2.13. The number of para-hydroxylation sites is 1. The number of hydrogen-bond acceptors (Lipinski definition) is 5. The van der Waals surface area contributed by atoms with Crippen LogP contribution in [0.5, 0.6) is 11.5 Å². The van der Waals surface area contributed by atoms with Gasteiger partial charge in [0.05, 0.1) is 16.8 Å². The molecule has 0 fully saturated rings. The predicted octanol–water partition coefficient (Wildman–Crippen LogP) is 5.97. The van der Waals surface area contributed by atoms with Crippen molar-refractivity contribution >= 4 is 28.5 Å². The monoisotopic (exact) mass is 451 g/mol. The van der Waals surface area contributed by atoms with Crippen molar-refractivity contribution in [1.29, 1.82) is 0 Å². The molecular weight excluding hydrogens is 426 g/mol. The van der Waals surface area contributed by atoms with Crippen LogP contribution in [0, 0.1) is 6.92 Å². The number of rotatable bonds is 6. The molecule has 5 rings (SSSR count). The Morgan fingerprint density at radius 1 is 1.00 bits per heavy atom. The normalized spacial score (nSPS) is 13.7. The molecule has 1 heterocycles. The lowest BCUT2D eigenvalue weighted by atomic mass is 10.0. The van der Waals surface area contributed by atoms with Crippen molar-refractivity contribution in [2.24, 2.45) is 0 Å². The van der Waals surface area contributed by atoms with E-state index in [1.165, 1.54) is 0 Å². The highest BCUT2D eigenvalue weighted by molar-refractivity contribution is 6.07. The summed E-state index contributed by atoms with van der Waals surface area (Å²) in [5.41, 5.74) is 6.29. The maximum atomic E-state index is 13.2. The molecule has 0 spiro atoms. The fourth-order valence-electron chi connectivity index (χ4n) is 4.36. The number of benzene rings is 3. The number of nitrogens with zero attached hydrogens (tertiary/aromatic N) is 1. The Hall–Kier alpha value is -4.12. The fraction of sp³-hybridized carbons (Fsp3) is 0.172. The van der Waals surface area contributed by atoms with E-state index in [4.69, 9.17) is 14.5 Å². The standard InChI is InChI=1S/C29H25NO4/c1-19-5-4-6-23(17-19)33-15-16-34-29(32)27-24-7-2-3-8-26(24)30-28-21(11-14-25(27)28)18-20-9-12-22(31)13-10-20/h2-10,12-13,17-18,31H,11,14-16H2,1H3/b21-18-. The van der Waals surface area contributed by atoms with Crippen molar-refractivity contribution in [1.82, 2.24) is 4.98 Å². The average molecular weight is 452 g/mol. The van der Waals surface area contributed by atoms with E-state index in [9.17, 15) is 9.90 Å². The van der Waals surface area contributed by atoms with E-state index >= 15 is 0 Å². The number of aromatic nitrogens is 1. The van der Waals surface area contributed by atoms with Gasteiger partial charge in [-0.2, -0.15) is 0 Å². The van der Waals surface area contributed by atoms with Gasteiger partial charge in [-0.3, -0.25) is 0 Å². The van der Waals surface area contributed by atoms with Crippen molar-refractivity contribution in [2.75, 3.05) is 13.2 Å². The first-order valence-electron chi connectivity index (χ1n) is 11.4. The Morgan fingerprint density at radius 2 is 1.82 bits per heavy atom. The Bertz CT molecular complexity index is 1390. The second-order valence-electron chi connectivity index (χ2n) is 8.39. The van der Waals surface area contributed by atoms with Crippen LogP contribution in [0.3, 0.4) is 0 Å². The van der Waals surface area contributed by atoms with Gasteiger partial charge in [-0.25, -0.2) is 9.78 Å². The molecule has 0 saturated carbocycles. The summed E-state index contributed by atoms with van der Waals surface area (Å²) in [7, 11) is 0. The van der Waals surface area contributed by atoms with Crippen LogP contribution in [0.15, 0.2) is 72.8 Å². The molecule has 3 aromatic carbocycles. The molecule has 5 heteroatoms. The summed E-state index contributed by atoms with van der Waals surface area (Å²) < 4.78 is 11.4. The average Bonchev–Trinajstić information content (AvgIpc) is 3.23. The number of fused-ring (bicyclic) bond motifs is 2. The summed E-state index contributed by atoms with van der Waals surface area (Å²) in [6, 6.07) is 22.5. The summed E-state index contributed by atoms with van der Waals surface area (Å²) in [6.45, 7) is 2.45. The Morgan fingerprint density at radius 3 is 2.65 bits per heavy atom. The zero-order chi connectivity index (χ0) is 23.5. The van der Waals surface area contributed by atoms with Crippen LogP contribution in [0.25, 0.3) is 22.6 Å². The Balaban J connectivity index is 1.41. The van der Waals surface area contributed by atoms with Gasteiger partial charge in [0.2, 0.25) is 0 Å². The smallest absolute Gasteiger partial charge is 0.339 e. The molecule has 0 amide bonds. The topological polar surface area (TPSA) is 68.7 Å². The van der Waals surface area contributed by atoms with Crippen molar-refractivity contribution < 1.29 is 19.4 Å². The predicted molar refractivity (Wildman–Crippen MR) is 133 cm³/mol. The third-order valence-corrected chi connectivity index (χ3v) is 5.95. The number of pyridine rings is 1. The summed E-state index contributed by atoms with van der Waals surface area (Å²) in [5, 5.41) is 10.4. The number of esters is 1. The van der Waals surface area contributed by atoms with Crippen LogP contribution in [-0.2, 0) is 11.2 Å². The molecule has 1 aliphatic carbocycles. The molecule has 34 heavy (non-hydrogen) atoms. The van der Waals surface area contributed by atoms with E-state index < -0.39 is 0 Å². The van der Waals surface area contributed by atoms with Gasteiger partial charge in [0.25, 0.3) is 0 Å². The number of allylic oxidation sites excluding steroid dienone is 1. The van der Waals surface area contributed by atoms with E-state index in [0.717, 1.165) is 57.5 Å². The molecule has 0 atom stereocenters. The zero-order valence-corrected chi connectivity index (χ0v) is 19.0. The van der Waals surface area contributed by atoms with Crippen LogP contribution in [-0.4, -0.2) is 29.3 Å². The number of carbonyl (C=O) groups is 1. The number of aromatic hydroxyl groups is 1. The molecule has 1 N–H and O–H groups in total. The second kappa shape index (κ2) is 9.40. The minimum Gasteiger partial charge on any atom is -0.508 e. The van der Waals surface area contributed by atoms with Crippen LogP contribution in [0.2, 0.25) is 0 Å². The number of phenols is 1. The van der Waals surface area contributed by atoms with Gasteiger partial charge in [-0.15, -0.1) is 0 Å². The quantitative estimate of drug-likeness (QED) is 0.289. The number of aryl methyl sites for hydroxylation is 1. The van der Waals surface area contributed by atoms with E-state index in [1.54, 1.807) is 12.1 Å². The van der Waals surface area contributed by atoms with Crippen molar-refractivity contribution in [3.8, 4) is 11.5 Å². The molecule has 0 saturated heterocycles. The van der Waals surface area contributed by atoms with Gasteiger partial charge < -0.3 is 14.6 Å². The lowest BCUT2D eigenvalue weighted by Crippen LogP contribution is -2.15. The van der Waals surface area contributed by atoms with Gasteiger partial charge in [-0.1, -0.05) is 42.5 Å². The zero-order valence-electron chi connectivity index (χ0n) is 19.0. The Labute approximate surface area is 198 Å². The number of ether oxygens (including phenoxy) is 2. The first kappa shape index (κ1) is 21.7. The maximum Gasteiger partial charge on any atom is 0.339 e. The minimum absolute atomic E-state index is 0.161. The molecule has 0 radical (unpaired) electrons. The summed E-state index contributed by atoms with van der Waals surface area (Å²) >= 11 is 0. The van der Waals surface area contributed by atoms with Gasteiger partial charge in [0, 0.05) is 5.39 Å². The van der Waals surface area contributed by atoms with Gasteiger partial charge in [-0.05, 0) is 78.4 Å². The van der Waals surface area contributed by atoms with Crippen molar-refractivity contribution in [2.45, 2.75) is 19.8 Å². The number of phenolic OH excluding ortho intramolecular Hbond substituents is 1. The van der Waals surface area contributed by atoms with Crippen LogP contribution >= 0.6 is 0 Å². The molecule has 0 aliphatic heterocycles. The highest BCUT2D eigenvalue weighted by Gasteiger charge is 2.27. The van der Waals surface area contributed by atoms with Gasteiger partial charge in [0.1, 0.15) is 24.7 Å². The van der Waals surface area contributed by atoms with E-state index in [2.05, 4.69) is 6.08 Å². The molecule has 5 nitrogen and oxygen atoms in total. The molecular formula is C29H25NO4. The van der Waals surface area contributed by atoms with Gasteiger partial charge in [0.15, 0.2) is 0 Å². The molecule has 0 unspecified atom stereocenters. The first-order chi connectivity index (χ1) is 16.6. The minimum atomic E-state index is -0.353. The SMILES string of the molecule is Cc1cccc(OCCOC(=O)c2c3c(nc4ccccc24)/C(=C\c2ccc(O)cc2)CC3)c1. The second-order valence-corrected chi connectivity index (χ2v) is 8.39. The molecule has 4 aromatic rings. The lowest BCUT2D eigenvalue weighted by molar-refractivity contribution is 0.0451. The Kier molecular flexibility index (Phi) is 6.00.